The van der Waals surface area contributed by atoms with Crippen molar-refractivity contribution in [3.63, 3.8) is 0 Å². The number of hydrogen-bond acceptors (Lipinski definition) is 10. The van der Waals surface area contributed by atoms with Crippen LogP contribution >= 0.6 is 0 Å². The summed E-state index contributed by atoms with van der Waals surface area (Å²) in [7, 11) is 1.71. The molecule has 0 spiro atoms. The van der Waals surface area contributed by atoms with E-state index in [1.807, 2.05) is 19.9 Å². The van der Waals surface area contributed by atoms with Crippen molar-refractivity contribution < 1.29 is 9.13 Å². The number of ether oxygens (including phenoxy) is 1. The van der Waals surface area contributed by atoms with E-state index in [1.165, 1.54) is 0 Å². The van der Waals surface area contributed by atoms with Crippen molar-refractivity contribution in [1.82, 2.24) is 35.1 Å². The number of anilines is 4. The number of halogens is 1. The van der Waals surface area contributed by atoms with Gasteiger partial charge in [0, 0.05) is 32.0 Å². The Morgan fingerprint density at radius 1 is 1.23 bits per heavy atom. The Bertz CT molecular complexity index is 1010. The van der Waals surface area contributed by atoms with Gasteiger partial charge in [0.1, 0.15) is 5.82 Å². The molecule has 164 valence electrons. The van der Waals surface area contributed by atoms with Gasteiger partial charge in [0.2, 0.25) is 17.8 Å². The zero-order valence-electron chi connectivity index (χ0n) is 17.6. The maximum Gasteiger partial charge on any atom is 0.235 e. The first-order valence-corrected chi connectivity index (χ1v) is 10.1. The smallest absolute Gasteiger partial charge is 0.235 e. The molecule has 3 aromatic heterocycles. The summed E-state index contributed by atoms with van der Waals surface area (Å²) in [5, 5.41) is 13.3. The van der Waals surface area contributed by atoms with E-state index in [1.54, 1.807) is 7.11 Å². The second-order valence-electron chi connectivity index (χ2n) is 7.42. The highest BCUT2D eigenvalue weighted by Gasteiger charge is 2.23. The molecule has 3 N–H and O–H groups in total. The van der Waals surface area contributed by atoms with E-state index in [0.29, 0.717) is 36.0 Å². The van der Waals surface area contributed by atoms with Gasteiger partial charge in [-0.3, -0.25) is 5.10 Å². The molecule has 12 heteroatoms. The quantitative estimate of drug-likeness (QED) is 0.515. The fraction of sp³-hybridized carbons (Fsp3) is 0.474. The molecule has 1 fully saturated rings. The number of methoxy groups -OCH3 is 1. The lowest BCUT2D eigenvalue weighted by atomic mass is 10.1. The van der Waals surface area contributed by atoms with Crippen molar-refractivity contribution in [1.29, 1.82) is 0 Å². The number of H-pyrrole nitrogens is 1. The van der Waals surface area contributed by atoms with Crippen LogP contribution in [0.4, 0.5) is 28.1 Å². The highest BCUT2D eigenvalue weighted by Crippen LogP contribution is 2.23. The van der Waals surface area contributed by atoms with Gasteiger partial charge in [0.05, 0.1) is 24.5 Å². The third kappa shape index (κ3) is 5.20. The molecule has 0 saturated carbocycles. The van der Waals surface area contributed by atoms with Crippen molar-refractivity contribution in [3.05, 3.63) is 35.8 Å². The van der Waals surface area contributed by atoms with Gasteiger partial charge >= 0.3 is 0 Å². The van der Waals surface area contributed by atoms with Crippen molar-refractivity contribution in [2.75, 3.05) is 35.7 Å². The summed E-state index contributed by atoms with van der Waals surface area (Å²) in [6.45, 7) is 5.27. The minimum absolute atomic E-state index is 0.124. The number of nitrogens with zero attached hydrogens (tertiary/aromatic N) is 7. The van der Waals surface area contributed by atoms with E-state index in [4.69, 9.17) is 4.74 Å². The van der Waals surface area contributed by atoms with E-state index in [2.05, 4.69) is 50.7 Å². The SMILES string of the molecule is COC1CCCN(c2nc(Nc3cc(C)[nH]n3)nc(N[C@@H](C)c3ncc(F)cn3)n2)C1. The number of piperidine rings is 1. The summed E-state index contributed by atoms with van der Waals surface area (Å²) in [4.78, 5) is 23.8. The Morgan fingerprint density at radius 3 is 2.71 bits per heavy atom. The molecule has 2 atom stereocenters. The fourth-order valence-corrected chi connectivity index (χ4v) is 3.34. The van der Waals surface area contributed by atoms with Gasteiger partial charge in [0.25, 0.3) is 0 Å². The molecule has 0 aliphatic carbocycles. The Balaban J connectivity index is 1.61. The molecule has 0 aromatic carbocycles. The van der Waals surface area contributed by atoms with Crippen molar-refractivity contribution in [3.8, 4) is 0 Å². The van der Waals surface area contributed by atoms with Crippen molar-refractivity contribution in [2.45, 2.75) is 38.8 Å². The molecule has 4 rings (SSSR count). The van der Waals surface area contributed by atoms with E-state index >= 15 is 0 Å². The molecule has 1 aliphatic rings. The molecule has 0 radical (unpaired) electrons. The van der Waals surface area contributed by atoms with Gasteiger partial charge in [-0.25, -0.2) is 14.4 Å². The molecule has 11 nitrogen and oxygen atoms in total. The van der Waals surface area contributed by atoms with Crippen molar-refractivity contribution in [2.24, 2.45) is 0 Å². The van der Waals surface area contributed by atoms with E-state index in [-0.39, 0.29) is 12.1 Å². The number of aryl methyl sites for hydroxylation is 1. The van der Waals surface area contributed by atoms with Crippen LogP contribution in [-0.2, 0) is 4.74 Å². The van der Waals surface area contributed by atoms with Gasteiger partial charge in [-0.15, -0.1) is 0 Å². The highest BCUT2D eigenvalue weighted by molar-refractivity contribution is 5.52. The van der Waals surface area contributed by atoms with Gasteiger partial charge in [-0.05, 0) is 26.7 Å². The molecule has 31 heavy (non-hydrogen) atoms. The highest BCUT2D eigenvalue weighted by atomic mass is 19.1. The van der Waals surface area contributed by atoms with E-state index in [0.717, 1.165) is 37.5 Å². The zero-order valence-corrected chi connectivity index (χ0v) is 17.6. The second-order valence-corrected chi connectivity index (χ2v) is 7.42. The normalized spacial score (nSPS) is 17.4. The number of nitrogens with one attached hydrogen (secondary N) is 3. The predicted molar refractivity (Wildman–Crippen MR) is 113 cm³/mol. The van der Waals surface area contributed by atoms with Gasteiger partial charge < -0.3 is 20.3 Å². The summed E-state index contributed by atoms with van der Waals surface area (Å²) in [5.74, 6) is 1.77. The third-order valence-electron chi connectivity index (χ3n) is 4.94. The lowest BCUT2D eigenvalue weighted by Crippen LogP contribution is -2.40. The first kappa shape index (κ1) is 20.8. The molecule has 1 unspecified atom stereocenters. The fourth-order valence-electron chi connectivity index (χ4n) is 3.34. The van der Waals surface area contributed by atoms with Crippen LogP contribution in [-0.4, -0.2) is 61.4 Å². The maximum atomic E-state index is 13.1. The Morgan fingerprint density at radius 2 is 2.00 bits per heavy atom. The predicted octanol–water partition coefficient (Wildman–Crippen LogP) is 2.36. The first-order chi connectivity index (χ1) is 15.0. The van der Waals surface area contributed by atoms with Crippen LogP contribution in [0.15, 0.2) is 18.5 Å². The Labute approximate surface area is 178 Å². The molecule has 1 aliphatic heterocycles. The Kier molecular flexibility index (Phi) is 6.16. The third-order valence-corrected chi connectivity index (χ3v) is 4.94. The first-order valence-electron chi connectivity index (χ1n) is 10.1. The molecular formula is C19H25FN10O. The van der Waals surface area contributed by atoms with Gasteiger partial charge in [0.15, 0.2) is 11.6 Å². The van der Waals surface area contributed by atoms with Gasteiger partial charge in [-0.1, -0.05) is 0 Å². The summed E-state index contributed by atoms with van der Waals surface area (Å²) < 4.78 is 18.7. The average molecular weight is 428 g/mol. The number of aromatic amines is 1. The molecular weight excluding hydrogens is 403 g/mol. The van der Waals surface area contributed by atoms with Crippen molar-refractivity contribution >= 4 is 23.7 Å². The largest absolute Gasteiger partial charge is 0.380 e. The summed E-state index contributed by atoms with van der Waals surface area (Å²) in [5.41, 5.74) is 0.913. The van der Waals surface area contributed by atoms with Crippen LogP contribution in [0.1, 0.15) is 37.3 Å². The number of aromatic nitrogens is 7. The van der Waals surface area contributed by atoms with Crippen LogP contribution in [0.25, 0.3) is 0 Å². The lowest BCUT2D eigenvalue weighted by molar-refractivity contribution is 0.0889. The van der Waals surface area contributed by atoms with Crippen LogP contribution in [0.2, 0.25) is 0 Å². The number of rotatable bonds is 7. The molecule has 3 aromatic rings. The number of hydrogen-bond donors (Lipinski definition) is 3. The summed E-state index contributed by atoms with van der Waals surface area (Å²) in [6.07, 6.45) is 4.36. The monoisotopic (exact) mass is 428 g/mol. The molecule has 1 saturated heterocycles. The minimum Gasteiger partial charge on any atom is -0.380 e. The van der Waals surface area contributed by atoms with E-state index < -0.39 is 5.82 Å². The molecule has 0 amide bonds. The Hall–Kier alpha value is -3.41. The topological polar surface area (TPSA) is 130 Å². The second kappa shape index (κ2) is 9.16. The zero-order chi connectivity index (χ0) is 21.8. The van der Waals surface area contributed by atoms with Crippen LogP contribution in [0, 0.1) is 12.7 Å². The van der Waals surface area contributed by atoms with E-state index in [9.17, 15) is 4.39 Å². The minimum atomic E-state index is -0.489. The lowest BCUT2D eigenvalue weighted by Gasteiger charge is -2.32. The molecule has 4 heterocycles. The maximum absolute atomic E-state index is 13.1. The average Bonchev–Trinajstić information content (AvgIpc) is 3.18. The van der Waals surface area contributed by atoms with Crippen LogP contribution in [0.5, 0.6) is 0 Å². The summed E-state index contributed by atoms with van der Waals surface area (Å²) in [6, 6.07) is 1.51. The standard InChI is InChI=1S/C19H25FN10O/c1-11-7-15(29-28-11)24-18-25-17(23-12(2)16-21-8-13(20)9-22-16)26-19(27-18)30-6-4-5-14(10-30)31-3/h7-9,12,14H,4-6,10H2,1-3H3,(H3,23,24,25,26,27,28,29)/t12-,14?/m0/s1. The van der Waals surface area contributed by atoms with Crippen LogP contribution < -0.4 is 15.5 Å². The van der Waals surface area contributed by atoms with Gasteiger partial charge in [-0.2, -0.15) is 20.1 Å². The summed E-state index contributed by atoms with van der Waals surface area (Å²) >= 11 is 0. The van der Waals surface area contributed by atoms with Crippen LogP contribution in [0.3, 0.4) is 0 Å². The molecule has 0 bridgehead atoms.